The van der Waals surface area contributed by atoms with Crippen LogP contribution in [0.1, 0.15) is 129 Å². The summed E-state index contributed by atoms with van der Waals surface area (Å²) in [6, 6.07) is 0. The first-order valence-corrected chi connectivity index (χ1v) is 23.0. The SMILES string of the molecule is CC/C=C/C/C=C/C/C=C/C/C=C/C/C=C/C/C=C/CCC(=O)OC[C@H](COP(=O)(O)OC[C@@H](O)CO)OC(=O)CCCCC/C=C/C/C=C/C/C=C/C/C=C/CCC. The lowest BCUT2D eigenvalue weighted by Crippen LogP contribution is -2.29. The van der Waals surface area contributed by atoms with E-state index in [1.165, 1.54) is 6.42 Å². The van der Waals surface area contributed by atoms with Crippen LogP contribution >= 0.6 is 7.82 Å². The van der Waals surface area contributed by atoms with Crippen LogP contribution in [0.15, 0.2) is 122 Å². The van der Waals surface area contributed by atoms with Gasteiger partial charge in [-0.2, -0.15) is 0 Å². The fraction of sp³-hybridized carbons (Fsp3) is 0.542. The van der Waals surface area contributed by atoms with Gasteiger partial charge >= 0.3 is 19.8 Å². The van der Waals surface area contributed by atoms with Gasteiger partial charge in [0.15, 0.2) is 6.10 Å². The average molecular weight is 843 g/mol. The van der Waals surface area contributed by atoms with Crippen molar-refractivity contribution in [3.05, 3.63) is 122 Å². The molecule has 0 aromatic heterocycles. The smallest absolute Gasteiger partial charge is 0.462 e. The minimum atomic E-state index is -4.65. The van der Waals surface area contributed by atoms with E-state index in [4.69, 9.17) is 19.1 Å². The predicted octanol–water partition coefficient (Wildman–Crippen LogP) is 11.6. The van der Waals surface area contributed by atoms with E-state index in [-0.39, 0.29) is 19.4 Å². The number of unbranched alkanes of at least 4 members (excludes halogenated alkanes) is 4. The van der Waals surface area contributed by atoms with Crippen LogP contribution in [-0.2, 0) is 32.7 Å². The van der Waals surface area contributed by atoms with Gasteiger partial charge in [-0.1, -0.05) is 148 Å². The van der Waals surface area contributed by atoms with Crippen molar-refractivity contribution >= 4 is 19.8 Å². The number of esters is 2. The zero-order chi connectivity index (χ0) is 43.3. The molecule has 0 saturated heterocycles. The molecule has 0 aliphatic carbocycles. The van der Waals surface area contributed by atoms with Gasteiger partial charge in [0, 0.05) is 12.8 Å². The Morgan fingerprint density at radius 1 is 0.525 bits per heavy atom. The average Bonchev–Trinajstić information content (AvgIpc) is 3.22. The second kappa shape index (κ2) is 42.5. The van der Waals surface area contributed by atoms with Crippen LogP contribution in [0.5, 0.6) is 0 Å². The summed E-state index contributed by atoms with van der Waals surface area (Å²) in [6.07, 6.45) is 54.6. The Balaban J connectivity index is 4.52. The summed E-state index contributed by atoms with van der Waals surface area (Å²) < 4.78 is 32.6. The third-order valence-corrected chi connectivity index (χ3v) is 9.05. The molecule has 0 amide bonds. The van der Waals surface area contributed by atoms with Crippen molar-refractivity contribution < 1.29 is 47.8 Å². The van der Waals surface area contributed by atoms with Crippen molar-refractivity contribution in [3.63, 3.8) is 0 Å². The third kappa shape index (κ3) is 42.3. The number of ether oxygens (including phenoxy) is 2. The van der Waals surface area contributed by atoms with Crippen molar-refractivity contribution in [2.75, 3.05) is 26.4 Å². The van der Waals surface area contributed by atoms with E-state index in [2.05, 4.69) is 128 Å². The van der Waals surface area contributed by atoms with Crippen molar-refractivity contribution in [3.8, 4) is 0 Å². The first-order chi connectivity index (χ1) is 28.7. The van der Waals surface area contributed by atoms with Gasteiger partial charge in [0.25, 0.3) is 0 Å². The van der Waals surface area contributed by atoms with Crippen LogP contribution in [-0.4, -0.2) is 65.7 Å². The van der Waals surface area contributed by atoms with Crippen LogP contribution < -0.4 is 0 Å². The molecule has 0 saturated carbocycles. The van der Waals surface area contributed by atoms with Crippen molar-refractivity contribution in [2.24, 2.45) is 0 Å². The molecule has 0 radical (unpaired) electrons. The number of aliphatic hydroxyl groups is 2. The molecule has 59 heavy (non-hydrogen) atoms. The fourth-order valence-corrected chi connectivity index (χ4v) is 5.62. The number of phosphoric acid groups is 1. The molecule has 3 N–H and O–H groups in total. The van der Waals surface area contributed by atoms with Crippen LogP contribution in [0.25, 0.3) is 0 Å². The van der Waals surface area contributed by atoms with Crippen LogP contribution in [0, 0.1) is 0 Å². The minimum absolute atomic E-state index is 0.101. The second-order valence-electron chi connectivity index (χ2n) is 13.6. The van der Waals surface area contributed by atoms with Crippen molar-refractivity contribution in [2.45, 2.75) is 142 Å². The second-order valence-corrected chi connectivity index (χ2v) is 15.1. The Labute approximate surface area is 356 Å². The molecule has 0 aromatic carbocycles. The van der Waals surface area contributed by atoms with Crippen molar-refractivity contribution in [1.82, 2.24) is 0 Å². The molecular formula is C48H75O10P. The van der Waals surface area contributed by atoms with Gasteiger partial charge in [0.05, 0.1) is 19.8 Å². The van der Waals surface area contributed by atoms with E-state index in [0.717, 1.165) is 83.5 Å². The number of allylic oxidation sites excluding steroid dienone is 20. The normalized spacial score (nSPS) is 15.0. The molecule has 0 rings (SSSR count). The maximum absolute atomic E-state index is 12.6. The summed E-state index contributed by atoms with van der Waals surface area (Å²) in [5, 5.41) is 18.3. The Morgan fingerprint density at radius 2 is 0.966 bits per heavy atom. The van der Waals surface area contributed by atoms with Crippen LogP contribution in [0.4, 0.5) is 0 Å². The fourth-order valence-electron chi connectivity index (χ4n) is 4.83. The van der Waals surface area contributed by atoms with Crippen LogP contribution in [0.2, 0.25) is 0 Å². The molecule has 0 aromatic rings. The van der Waals surface area contributed by atoms with Gasteiger partial charge in [-0.25, -0.2) is 4.57 Å². The summed E-state index contributed by atoms with van der Waals surface area (Å²) in [7, 11) is -4.65. The van der Waals surface area contributed by atoms with E-state index < -0.39 is 51.8 Å². The van der Waals surface area contributed by atoms with Gasteiger partial charge in [-0.05, 0) is 89.9 Å². The lowest BCUT2D eigenvalue weighted by molar-refractivity contribution is -0.161. The van der Waals surface area contributed by atoms with Gasteiger partial charge in [0.2, 0.25) is 0 Å². The van der Waals surface area contributed by atoms with Gasteiger partial charge in [-0.3, -0.25) is 18.6 Å². The Kier molecular flexibility index (Phi) is 39.9. The van der Waals surface area contributed by atoms with E-state index in [9.17, 15) is 24.2 Å². The number of hydrogen-bond acceptors (Lipinski definition) is 9. The Morgan fingerprint density at radius 3 is 1.44 bits per heavy atom. The number of phosphoric ester groups is 1. The largest absolute Gasteiger partial charge is 0.472 e. The highest BCUT2D eigenvalue weighted by Crippen LogP contribution is 2.43. The topological polar surface area (TPSA) is 149 Å². The van der Waals surface area contributed by atoms with Gasteiger partial charge in [-0.15, -0.1) is 0 Å². The van der Waals surface area contributed by atoms with E-state index in [0.29, 0.717) is 12.8 Å². The molecule has 332 valence electrons. The summed E-state index contributed by atoms with van der Waals surface area (Å²) in [5.41, 5.74) is 0. The van der Waals surface area contributed by atoms with Gasteiger partial charge < -0.3 is 24.6 Å². The molecule has 11 heteroatoms. The predicted molar refractivity (Wildman–Crippen MR) is 242 cm³/mol. The highest BCUT2D eigenvalue weighted by molar-refractivity contribution is 7.47. The summed E-state index contributed by atoms with van der Waals surface area (Å²) in [4.78, 5) is 35.0. The maximum atomic E-state index is 12.6. The summed E-state index contributed by atoms with van der Waals surface area (Å²) >= 11 is 0. The summed E-state index contributed by atoms with van der Waals surface area (Å²) in [6.45, 7) is 2.04. The highest BCUT2D eigenvalue weighted by atomic mass is 31.2. The van der Waals surface area contributed by atoms with E-state index >= 15 is 0 Å². The van der Waals surface area contributed by atoms with E-state index in [1.807, 2.05) is 12.2 Å². The zero-order valence-corrected chi connectivity index (χ0v) is 36.8. The van der Waals surface area contributed by atoms with Crippen LogP contribution in [0.3, 0.4) is 0 Å². The lowest BCUT2D eigenvalue weighted by atomic mass is 10.1. The Bertz CT molecular complexity index is 1390. The minimum Gasteiger partial charge on any atom is -0.462 e. The molecule has 0 aliphatic rings. The standard InChI is InChI=1S/C48H75O10P/c1-3-5-7-9-11-13-15-17-19-21-22-24-25-27-29-31-33-35-37-39-47(51)55-43-46(44-57-59(53,54)56-42-45(50)41-49)58-48(52)40-38-36-34-32-30-28-26-23-20-18-16-14-12-10-8-6-4-2/h5,7-8,10-11,13-14,16-17,19-20,22-24,27-30,33,35,45-46,49-50H,3-4,6,9,12,15,18,21,25-26,31-32,34,36-44H2,1-2H3,(H,53,54)/b7-5+,10-8+,13-11+,16-14+,19-17+,23-20+,24-22+,29-27+,30-28+,35-33+/t45-,46+/m0/s1. The quantitative estimate of drug-likeness (QED) is 0.0237. The monoisotopic (exact) mass is 843 g/mol. The first-order valence-electron chi connectivity index (χ1n) is 21.5. The number of aliphatic hydroxyl groups excluding tert-OH is 2. The zero-order valence-electron chi connectivity index (χ0n) is 35.9. The molecule has 0 spiro atoms. The third-order valence-electron chi connectivity index (χ3n) is 8.09. The summed E-state index contributed by atoms with van der Waals surface area (Å²) in [5.74, 6) is -1.07. The van der Waals surface area contributed by atoms with Crippen molar-refractivity contribution in [1.29, 1.82) is 0 Å². The van der Waals surface area contributed by atoms with E-state index in [1.54, 1.807) is 0 Å². The highest BCUT2D eigenvalue weighted by Gasteiger charge is 2.27. The molecule has 10 nitrogen and oxygen atoms in total. The molecular weight excluding hydrogens is 767 g/mol. The molecule has 0 heterocycles. The number of carbonyl (C=O) groups excluding carboxylic acids is 2. The molecule has 0 aliphatic heterocycles. The number of carbonyl (C=O) groups is 2. The lowest BCUT2D eigenvalue weighted by Gasteiger charge is -2.20. The Hall–Kier alpha value is -3.63. The molecule has 0 bridgehead atoms. The number of rotatable bonds is 38. The van der Waals surface area contributed by atoms with Gasteiger partial charge in [0.1, 0.15) is 12.7 Å². The molecule has 1 unspecified atom stereocenters. The molecule has 0 fully saturated rings. The maximum Gasteiger partial charge on any atom is 0.472 e. The number of hydrogen-bond donors (Lipinski definition) is 3. The first kappa shape index (κ1) is 55.4. The molecule has 3 atom stereocenters.